The molecule has 14 heteroatoms. The summed E-state index contributed by atoms with van der Waals surface area (Å²) >= 11 is 0. The number of esters is 1. The zero-order valence-electron chi connectivity index (χ0n) is 44.3. The molecule has 14 atom stereocenters. The first-order valence-electron chi connectivity index (χ1n) is 26.5. The van der Waals surface area contributed by atoms with Crippen LogP contribution >= 0.6 is 0 Å². The van der Waals surface area contributed by atoms with E-state index >= 15 is 0 Å². The summed E-state index contributed by atoms with van der Waals surface area (Å²) in [5.41, 5.74) is 3.98. The van der Waals surface area contributed by atoms with Crippen LogP contribution in [0.1, 0.15) is 111 Å². The third-order valence-corrected chi connectivity index (χ3v) is 16.1. The monoisotopic (exact) mass is 1010 g/mol. The number of fused-ring (bicyclic) bond motifs is 4. The molecule has 1 aliphatic carbocycles. The third-order valence-electron chi connectivity index (χ3n) is 16.1. The lowest BCUT2D eigenvalue weighted by molar-refractivity contribution is -0.302. The van der Waals surface area contributed by atoms with E-state index in [1.807, 2.05) is 44.2 Å². The number of carbonyl (C=O) groups is 4. The molecular weight excluding hydrogens is 929 g/mol. The van der Waals surface area contributed by atoms with Crippen molar-refractivity contribution in [1.82, 2.24) is 9.47 Å². The van der Waals surface area contributed by atoms with Gasteiger partial charge in [-0.15, -0.1) is 6.58 Å². The SMILES string of the molecule is C=CCC1C=C(C)CC(C)CC(OC)C2OC(O)(C(=O)C(=O)N3CCCCC3C(=O)OC(C(C)=CC3CCC(Oc4ccc5c(ccn5Cc5ccccc5)c4)C(OC)C3)C(C)C(O)CC1=O)C(C)CC2OC. The zero-order chi connectivity index (χ0) is 52.6. The predicted octanol–water partition coefficient (Wildman–Crippen LogP) is 8.73. The van der Waals surface area contributed by atoms with Crippen LogP contribution < -0.4 is 4.74 Å². The van der Waals surface area contributed by atoms with E-state index in [0.717, 1.165) is 35.2 Å². The molecule has 2 bridgehead atoms. The first-order chi connectivity index (χ1) is 35.0. The van der Waals surface area contributed by atoms with Crippen molar-refractivity contribution >= 4 is 34.3 Å². The molecule has 4 aliphatic rings. The molecule has 7 rings (SSSR count). The molecule has 2 aromatic carbocycles. The van der Waals surface area contributed by atoms with E-state index in [0.29, 0.717) is 50.5 Å². The summed E-state index contributed by atoms with van der Waals surface area (Å²) in [5.74, 6) is -7.04. The third kappa shape index (κ3) is 13.1. The highest BCUT2D eigenvalue weighted by Crippen LogP contribution is 2.40. The molecule has 3 aliphatic heterocycles. The average molecular weight is 1010 g/mol. The summed E-state index contributed by atoms with van der Waals surface area (Å²) in [5, 5.41) is 25.3. The Balaban J connectivity index is 1.15. The van der Waals surface area contributed by atoms with Gasteiger partial charge in [-0.25, -0.2) is 4.79 Å². The number of aromatic nitrogens is 1. The van der Waals surface area contributed by atoms with Crippen LogP contribution in [-0.2, 0) is 49.4 Å². The van der Waals surface area contributed by atoms with Gasteiger partial charge in [-0.05, 0) is 125 Å². The number of ether oxygens (including phenoxy) is 6. The molecule has 1 saturated carbocycles. The summed E-state index contributed by atoms with van der Waals surface area (Å²) in [4.78, 5) is 58.9. The number of hydrogen-bond donors (Lipinski definition) is 2. The second-order valence-electron chi connectivity index (χ2n) is 21.5. The summed E-state index contributed by atoms with van der Waals surface area (Å²) in [7, 11) is 4.75. The zero-order valence-corrected chi connectivity index (χ0v) is 44.3. The summed E-state index contributed by atoms with van der Waals surface area (Å²) < 4.78 is 39.5. The topological polar surface area (TPSA) is 172 Å². The van der Waals surface area contributed by atoms with Crippen LogP contribution in [0.25, 0.3) is 10.9 Å². The number of rotatable bonds is 11. The molecule has 0 radical (unpaired) electrons. The molecule has 4 heterocycles. The number of Topliss-reactive ketones (excluding diaryl/α,β-unsaturated/α-hetero) is 2. The predicted molar refractivity (Wildman–Crippen MR) is 278 cm³/mol. The van der Waals surface area contributed by atoms with Crippen molar-refractivity contribution < 1.29 is 57.8 Å². The van der Waals surface area contributed by atoms with Gasteiger partial charge in [0.25, 0.3) is 11.7 Å². The second kappa shape index (κ2) is 25.0. The maximum Gasteiger partial charge on any atom is 0.329 e. The quantitative estimate of drug-likeness (QED) is 0.107. The van der Waals surface area contributed by atoms with Crippen LogP contribution in [-0.4, -0.2) is 126 Å². The van der Waals surface area contributed by atoms with Gasteiger partial charge in [-0.3, -0.25) is 14.4 Å². The molecule has 3 aromatic rings. The van der Waals surface area contributed by atoms with Crippen molar-refractivity contribution in [2.45, 2.75) is 166 Å². The molecule has 1 aromatic heterocycles. The van der Waals surface area contributed by atoms with Gasteiger partial charge in [-0.2, -0.15) is 0 Å². The molecule has 14 nitrogen and oxygen atoms in total. The summed E-state index contributed by atoms with van der Waals surface area (Å²) in [6.07, 6.45) is 7.83. The Hall–Kier alpha value is -4.96. The minimum absolute atomic E-state index is 0.000374. The lowest BCUT2D eigenvalue weighted by Gasteiger charge is -2.47. The van der Waals surface area contributed by atoms with E-state index in [4.69, 9.17) is 28.4 Å². The van der Waals surface area contributed by atoms with Crippen molar-refractivity contribution in [2.75, 3.05) is 27.9 Å². The van der Waals surface area contributed by atoms with Crippen molar-refractivity contribution in [2.24, 2.45) is 29.6 Å². The minimum Gasteiger partial charge on any atom is -0.488 e. The molecule has 14 unspecified atom stereocenters. The lowest BCUT2D eigenvalue weighted by atomic mass is 9.81. The fourth-order valence-corrected chi connectivity index (χ4v) is 11.9. The maximum atomic E-state index is 14.7. The number of amides is 1. The Morgan fingerprint density at radius 1 is 0.877 bits per heavy atom. The van der Waals surface area contributed by atoms with Gasteiger partial charge in [0, 0.05) is 75.7 Å². The second-order valence-corrected chi connectivity index (χ2v) is 21.5. The van der Waals surface area contributed by atoms with Gasteiger partial charge in [-0.1, -0.05) is 74.9 Å². The fraction of sp³-hybridized carbons (Fsp3) is 0.593. The average Bonchev–Trinajstić information content (AvgIpc) is 3.78. The van der Waals surface area contributed by atoms with Crippen LogP contribution in [0.4, 0.5) is 0 Å². The molecule has 2 saturated heterocycles. The van der Waals surface area contributed by atoms with Crippen LogP contribution in [0.3, 0.4) is 0 Å². The number of piperidine rings is 1. The van der Waals surface area contributed by atoms with Gasteiger partial charge in [0.15, 0.2) is 0 Å². The standard InChI is InChI=1S/C59H80N2O12/c1-10-16-44-28-36(2)27-37(3)29-52(69-8)55-53(70-9)31-39(5)59(67,73-55)56(64)57(65)61-25-15-14-19-47(61)58(66)72-54(40(6)48(62)34-49(44)63)38(4)30-42-20-23-50(51(32-42)68-7)71-45-21-22-46-43(33-45)24-26-60(46)35-41-17-12-11-13-18-41/h10-13,17-18,21-22,24,26,28,30,33,37,39-40,42,44,47-48,50-55,62,67H,1,14-16,19-20,23,25,27,29,31-32,34-35H2,2-9H3. The Bertz CT molecular complexity index is 2450. The smallest absolute Gasteiger partial charge is 0.329 e. The van der Waals surface area contributed by atoms with E-state index in [1.165, 1.54) is 24.7 Å². The fourth-order valence-electron chi connectivity index (χ4n) is 11.9. The van der Waals surface area contributed by atoms with Crippen LogP contribution in [0.2, 0.25) is 0 Å². The number of benzene rings is 2. The van der Waals surface area contributed by atoms with Crippen LogP contribution in [0, 0.1) is 29.6 Å². The lowest BCUT2D eigenvalue weighted by Crippen LogP contribution is -2.64. The molecule has 2 N–H and O–H groups in total. The Morgan fingerprint density at radius 2 is 1.60 bits per heavy atom. The van der Waals surface area contributed by atoms with Crippen molar-refractivity contribution in [3.8, 4) is 5.75 Å². The Labute approximate surface area is 432 Å². The Kier molecular flexibility index (Phi) is 19.1. The van der Waals surface area contributed by atoms with Crippen LogP contribution in [0.5, 0.6) is 5.75 Å². The normalized spacial score (nSPS) is 33.8. The molecule has 398 valence electrons. The number of cyclic esters (lactones) is 1. The van der Waals surface area contributed by atoms with Gasteiger partial charge >= 0.3 is 5.97 Å². The number of aliphatic hydroxyl groups is 2. The highest BCUT2D eigenvalue weighted by Gasteiger charge is 2.56. The number of allylic oxidation sites excluding steroid dienone is 4. The number of aliphatic hydroxyl groups excluding tert-OH is 1. The maximum absolute atomic E-state index is 14.7. The molecule has 73 heavy (non-hydrogen) atoms. The van der Waals surface area contributed by atoms with E-state index < -0.39 is 77.8 Å². The largest absolute Gasteiger partial charge is 0.488 e. The molecule has 1 amide bonds. The summed E-state index contributed by atoms with van der Waals surface area (Å²) in [6, 6.07) is 17.5. The van der Waals surface area contributed by atoms with Crippen LogP contribution in [0.15, 0.2) is 96.7 Å². The van der Waals surface area contributed by atoms with Gasteiger partial charge in [0.1, 0.15) is 35.9 Å². The van der Waals surface area contributed by atoms with Gasteiger partial charge in [0.05, 0.1) is 24.4 Å². The molecular formula is C59H80N2O12. The highest BCUT2D eigenvalue weighted by molar-refractivity contribution is 6.39. The number of hydrogen-bond acceptors (Lipinski definition) is 12. The first-order valence-corrected chi connectivity index (χ1v) is 26.5. The van der Waals surface area contributed by atoms with Gasteiger partial charge < -0.3 is 48.1 Å². The molecule has 3 fully saturated rings. The van der Waals surface area contributed by atoms with E-state index in [-0.39, 0.29) is 55.6 Å². The summed E-state index contributed by atoms with van der Waals surface area (Å²) in [6.45, 7) is 14.1. The number of methoxy groups -OCH3 is 3. The molecule has 0 spiro atoms. The van der Waals surface area contributed by atoms with Gasteiger partial charge in [0.2, 0.25) is 5.79 Å². The first kappa shape index (κ1) is 55.8. The van der Waals surface area contributed by atoms with Crippen molar-refractivity contribution in [3.63, 3.8) is 0 Å². The number of nitrogens with zero attached hydrogens (tertiary/aromatic N) is 2. The Morgan fingerprint density at radius 3 is 2.32 bits per heavy atom. The van der Waals surface area contributed by atoms with Crippen molar-refractivity contribution in [3.05, 3.63) is 102 Å². The number of carbonyl (C=O) groups excluding carboxylic acids is 4. The minimum atomic E-state index is -2.52. The van der Waals surface area contributed by atoms with Crippen molar-refractivity contribution in [1.29, 1.82) is 0 Å². The van der Waals surface area contributed by atoms with E-state index in [2.05, 4.69) is 60.7 Å². The number of ketones is 2. The highest BCUT2D eigenvalue weighted by atomic mass is 16.7. The van der Waals surface area contributed by atoms with E-state index in [9.17, 15) is 29.4 Å². The van der Waals surface area contributed by atoms with E-state index in [1.54, 1.807) is 27.0 Å².